The summed E-state index contributed by atoms with van der Waals surface area (Å²) >= 11 is 0. The van der Waals surface area contributed by atoms with E-state index in [2.05, 4.69) is 9.72 Å². The third-order valence-electron chi connectivity index (χ3n) is 3.77. The van der Waals surface area contributed by atoms with Crippen molar-refractivity contribution < 1.29 is 27.8 Å². The zero-order valence-electron chi connectivity index (χ0n) is 13.7. The summed E-state index contributed by atoms with van der Waals surface area (Å²) in [5.41, 5.74) is 1.25. The number of aromatic amines is 1. The van der Waals surface area contributed by atoms with E-state index in [4.69, 9.17) is 4.74 Å². The van der Waals surface area contributed by atoms with E-state index in [0.717, 1.165) is 10.9 Å². The van der Waals surface area contributed by atoms with Crippen LogP contribution < -0.4 is 4.74 Å². The number of ketones is 1. The summed E-state index contributed by atoms with van der Waals surface area (Å²) < 4.78 is 33.7. The standard InChI is InChI=1S/C19H15F2NO4/c1-11(17(23)12-6-8-14(9-7-12)26-19(20)21)25-18(24)16-10-13-4-2-3-5-15(13)22-16/h2-11,19,22H,1H3/t11-/m0/s1. The van der Waals surface area contributed by atoms with Gasteiger partial charge in [0.05, 0.1) is 0 Å². The quantitative estimate of drug-likeness (QED) is 0.529. The first kappa shape index (κ1) is 17.6. The maximum Gasteiger partial charge on any atom is 0.387 e. The van der Waals surface area contributed by atoms with Crippen LogP contribution in [0.4, 0.5) is 8.78 Å². The molecule has 3 rings (SSSR count). The molecule has 1 heterocycles. The number of rotatable bonds is 6. The summed E-state index contributed by atoms with van der Waals surface area (Å²) in [5.74, 6) is -1.16. The number of ether oxygens (including phenoxy) is 2. The Kier molecular flexibility index (Phi) is 4.97. The van der Waals surface area contributed by atoms with Gasteiger partial charge < -0.3 is 14.5 Å². The summed E-state index contributed by atoms with van der Waals surface area (Å²) in [6, 6.07) is 14.2. The summed E-state index contributed by atoms with van der Waals surface area (Å²) in [4.78, 5) is 27.5. The van der Waals surface area contributed by atoms with E-state index < -0.39 is 24.5 Å². The molecule has 0 radical (unpaired) electrons. The van der Waals surface area contributed by atoms with Crippen molar-refractivity contribution in [1.82, 2.24) is 4.98 Å². The Hall–Kier alpha value is -3.22. The number of esters is 1. The van der Waals surface area contributed by atoms with Gasteiger partial charge in [-0.3, -0.25) is 4.79 Å². The molecule has 1 aromatic heterocycles. The van der Waals surface area contributed by atoms with E-state index >= 15 is 0 Å². The number of para-hydroxylation sites is 1. The molecule has 0 amide bonds. The third-order valence-corrected chi connectivity index (χ3v) is 3.77. The largest absolute Gasteiger partial charge is 0.450 e. The molecule has 0 saturated heterocycles. The fourth-order valence-corrected chi connectivity index (χ4v) is 2.50. The Bertz CT molecular complexity index is 901. The topological polar surface area (TPSA) is 68.4 Å². The molecular formula is C19H15F2NO4. The first-order valence-electron chi connectivity index (χ1n) is 7.82. The molecular weight excluding hydrogens is 344 g/mol. The number of hydrogen-bond acceptors (Lipinski definition) is 4. The second kappa shape index (κ2) is 7.35. The van der Waals surface area contributed by atoms with Crippen molar-refractivity contribution in [3.8, 4) is 5.75 Å². The predicted octanol–water partition coefficient (Wildman–Crippen LogP) is 4.20. The Labute approximate surface area is 147 Å². The number of alkyl halides is 2. The monoisotopic (exact) mass is 359 g/mol. The summed E-state index contributed by atoms with van der Waals surface area (Å²) in [6.07, 6.45) is -1.03. The van der Waals surface area contributed by atoms with Crippen LogP contribution in [0.3, 0.4) is 0 Å². The third kappa shape index (κ3) is 3.88. The highest BCUT2D eigenvalue weighted by molar-refractivity contribution is 6.02. The van der Waals surface area contributed by atoms with Gasteiger partial charge in [-0.2, -0.15) is 8.78 Å². The van der Waals surface area contributed by atoms with Crippen molar-refractivity contribution in [3.05, 3.63) is 65.9 Å². The average molecular weight is 359 g/mol. The van der Waals surface area contributed by atoms with E-state index in [1.165, 1.54) is 31.2 Å². The highest BCUT2D eigenvalue weighted by atomic mass is 19.3. The van der Waals surface area contributed by atoms with E-state index in [1.807, 2.05) is 24.3 Å². The Morgan fingerprint density at radius 1 is 1.04 bits per heavy atom. The van der Waals surface area contributed by atoms with Gasteiger partial charge in [-0.05, 0) is 43.3 Å². The van der Waals surface area contributed by atoms with Crippen molar-refractivity contribution in [2.75, 3.05) is 0 Å². The maximum absolute atomic E-state index is 12.3. The second-order valence-corrected chi connectivity index (χ2v) is 5.58. The van der Waals surface area contributed by atoms with Crippen LogP contribution >= 0.6 is 0 Å². The first-order valence-corrected chi connectivity index (χ1v) is 7.82. The molecule has 0 spiro atoms. The lowest BCUT2D eigenvalue weighted by Gasteiger charge is -2.12. The molecule has 0 saturated carbocycles. The molecule has 26 heavy (non-hydrogen) atoms. The van der Waals surface area contributed by atoms with E-state index in [9.17, 15) is 18.4 Å². The van der Waals surface area contributed by atoms with Crippen LogP contribution in [0.25, 0.3) is 10.9 Å². The van der Waals surface area contributed by atoms with Crippen molar-refractivity contribution in [3.63, 3.8) is 0 Å². The van der Waals surface area contributed by atoms with Gasteiger partial charge in [0.15, 0.2) is 6.10 Å². The minimum atomic E-state index is -2.94. The molecule has 0 aliphatic carbocycles. The highest BCUT2D eigenvalue weighted by Crippen LogP contribution is 2.18. The molecule has 1 N–H and O–H groups in total. The molecule has 5 nitrogen and oxygen atoms in total. The number of nitrogens with one attached hydrogen (secondary N) is 1. The SMILES string of the molecule is C[C@H](OC(=O)c1cc2ccccc2[nH]1)C(=O)c1ccc(OC(F)F)cc1. The molecule has 1 atom stereocenters. The number of aromatic nitrogens is 1. The number of carbonyl (C=O) groups excluding carboxylic acids is 2. The smallest absolute Gasteiger partial charge is 0.387 e. The molecule has 2 aromatic carbocycles. The van der Waals surface area contributed by atoms with Crippen LogP contribution in [-0.2, 0) is 4.74 Å². The number of halogens is 2. The van der Waals surface area contributed by atoms with Gasteiger partial charge in [0.25, 0.3) is 0 Å². The number of H-pyrrole nitrogens is 1. The molecule has 0 aliphatic heterocycles. The van der Waals surface area contributed by atoms with Crippen molar-refractivity contribution in [2.24, 2.45) is 0 Å². The molecule has 0 fully saturated rings. The Morgan fingerprint density at radius 3 is 2.38 bits per heavy atom. The van der Waals surface area contributed by atoms with Crippen LogP contribution in [0.5, 0.6) is 5.75 Å². The number of benzene rings is 2. The van der Waals surface area contributed by atoms with Crippen LogP contribution in [0.15, 0.2) is 54.6 Å². The van der Waals surface area contributed by atoms with Gasteiger partial charge in [0, 0.05) is 16.5 Å². The van der Waals surface area contributed by atoms with E-state index in [0.29, 0.717) is 0 Å². The van der Waals surface area contributed by atoms with Crippen molar-refractivity contribution >= 4 is 22.7 Å². The lowest BCUT2D eigenvalue weighted by molar-refractivity contribution is -0.0498. The zero-order valence-corrected chi connectivity index (χ0v) is 13.7. The molecule has 134 valence electrons. The molecule has 3 aromatic rings. The summed E-state index contributed by atoms with van der Waals surface area (Å²) in [5, 5.41) is 0.855. The number of Topliss-reactive ketones (excluding diaryl/α,β-unsaturated/α-hetero) is 1. The van der Waals surface area contributed by atoms with Crippen LogP contribution in [-0.4, -0.2) is 29.5 Å². The Morgan fingerprint density at radius 2 is 1.73 bits per heavy atom. The molecule has 0 aliphatic rings. The molecule has 7 heteroatoms. The van der Waals surface area contributed by atoms with Gasteiger partial charge in [-0.1, -0.05) is 18.2 Å². The van der Waals surface area contributed by atoms with Crippen molar-refractivity contribution in [2.45, 2.75) is 19.6 Å². The average Bonchev–Trinajstić information content (AvgIpc) is 3.05. The predicted molar refractivity (Wildman–Crippen MR) is 90.6 cm³/mol. The number of hydrogen-bond donors (Lipinski definition) is 1. The van der Waals surface area contributed by atoms with Gasteiger partial charge in [-0.15, -0.1) is 0 Å². The van der Waals surface area contributed by atoms with E-state index in [-0.39, 0.29) is 17.0 Å². The zero-order chi connectivity index (χ0) is 18.7. The van der Waals surface area contributed by atoms with Gasteiger partial charge >= 0.3 is 12.6 Å². The van der Waals surface area contributed by atoms with E-state index in [1.54, 1.807) is 6.07 Å². The minimum Gasteiger partial charge on any atom is -0.450 e. The fraction of sp³-hybridized carbons (Fsp3) is 0.158. The number of carbonyl (C=O) groups is 2. The van der Waals surface area contributed by atoms with Gasteiger partial charge in [0.1, 0.15) is 11.4 Å². The normalized spacial score (nSPS) is 12.2. The summed E-state index contributed by atoms with van der Waals surface area (Å²) in [6.45, 7) is -1.49. The molecule has 0 unspecified atom stereocenters. The molecule has 0 bridgehead atoms. The summed E-state index contributed by atoms with van der Waals surface area (Å²) in [7, 11) is 0. The number of fused-ring (bicyclic) bond motifs is 1. The second-order valence-electron chi connectivity index (χ2n) is 5.58. The first-order chi connectivity index (χ1) is 12.4. The minimum absolute atomic E-state index is 0.0562. The van der Waals surface area contributed by atoms with Crippen LogP contribution in [0.2, 0.25) is 0 Å². The van der Waals surface area contributed by atoms with Crippen LogP contribution in [0, 0.1) is 0 Å². The highest BCUT2D eigenvalue weighted by Gasteiger charge is 2.21. The lowest BCUT2D eigenvalue weighted by Crippen LogP contribution is -2.24. The van der Waals surface area contributed by atoms with Crippen LogP contribution in [0.1, 0.15) is 27.8 Å². The van der Waals surface area contributed by atoms with Crippen molar-refractivity contribution in [1.29, 1.82) is 0 Å². The Balaban J connectivity index is 1.67. The maximum atomic E-state index is 12.3. The van der Waals surface area contributed by atoms with Gasteiger partial charge in [-0.25, -0.2) is 4.79 Å². The lowest BCUT2D eigenvalue weighted by atomic mass is 10.1. The van der Waals surface area contributed by atoms with Gasteiger partial charge in [0.2, 0.25) is 5.78 Å². The fourth-order valence-electron chi connectivity index (χ4n) is 2.50.